The molecular weight excluding hydrogens is 162 g/mol. The van der Waals surface area contributed by atoms with Crippen LogP contribution in [-0.2, 0) is 0 Å². The minimum atomic E-state index is 0.358. The van der Waals surface area contributed by atoms with Gasteiger partial charge >= 0.3 is 0 Å². The zero-order chi connectivity index (χ0) is 9.52. The van der Waals surface area contributed by atoms with Crippen LogP contribution >= 0.6 is 0 Å². The summed E-state index contributed by atoms with van der Waals surface area (Å²) in [5.74, 6) is 0.358. The molecule has 0 unspecified atom stereocenters. The van der Waals surface area contributed by atoms with Crippen molar-refractivity contribution >= 4 is 0 Å². The Kier molecular flexibility index (Phi) is 3.86. The second-order valence-electron chi connectivity index (χ2n) is 2.93. The maximum atomic E-state index is 8.22. The highest BCUT2D eigenvalue weighted by molar-refractivity contribution is 5.19. The molecule has 0 aliphatic carbocycles. The molecule has 0 N–H and O–H groups in total. The second-order valence-corrected chi connectivity index (χ2v) is 2.93. The molecule has 0 radical (unpaired) electrons. The maximum Gasteiger partial charge on any atom is 0.0326 e. The molecule has 0 saturated carbocycles. The van der Waals surface area contributed by atoms with E-state index in [-0.39, 0.29) is 0 Å². The van der Waals surface area contributed by atoms with Gasteiger partial charge in [-0.25, -0.2) is 0 Å². The summed E-state index contributed by atoms with van der Waals surface area (Å²) in [6, 6.07) is 10.1. The van der Waals surface area contributed by atoms with E-state index >= 15 is 0 Å². The predicted molar refractivity (Wildman–Crippen MR) is 53.5 cm³/mol. The minimum Gasteiger partial charge on any atom is -0.0933 e. The smallest absolute Gasteiger partial charge is 0.0326 e. The van der Waals surface area contributed by atoms with Gasteiger partial charge in [0.1, 0.15) is 0 Å². The van der Waals surface area contributed by atoms with Crippen molar-refractivity contribution in [2.24, 2.45) is 5.11 Å². The summed E-state index contributed by atoms with van der Waals surface area (Å²) in [6.45, 7) is 2.65. The molecule has 0 spiro atoms. The average Bonchev–Trinajstić information content (AvgIpc) is 2.21. The summed E-state index contributed by atoms with van der Waals surface area (Å²) in [7, 11) is 0. The summed E-state index contributed by atoms with van der Waals surface area (Å²) in [5.41, 5.74) is 9.46. The van der Waals surface area contributed by atoms with Crippen molar-refractivity contribution in [3.63, 3.8) is 0 Å². The van der Waals surface area contributed by atoms with Gasteiger partial charge in [-0.15, -0.1) is 0 Å². The van der Waals surface area contributed by atoms with Crippen molar-refractivity contribution in [1.29, 1.82) is 0 Å². The number of hydrogen-bond donors (Lipinski definition) is 0. The van der Waals surface area contributed by atoms with Crippen LogP contribution in [0.3, 0.4) is 0 Å². The van der Waals surface area contributed by atoms with Gasteiger partial charge < -0.3 is 0 Å². The van der Waals surface area contributed by atoms with Crippen LogP contribution in [0.25, 0.3) is 10.4 Å². The van der Waals surface area contributed by atoms with Crippen LogP contribution in [0.4, 0.5) is 0 Å². The molecule has 0 bridgehead atoms. The Morgan fingerprint density at radius 2 is 2.08 bits per heavy atom. The molecule has 0 aliphatic heterocycles. The van der Waals surface area contributed by atoms with Crippen LogP contribution in [0.1, 0.15) is 24.8 Å². The fraction of sp³-hybridized carbons (Fsp3) is 0.400. The Balaban J connectivity index is 2.72. The Hall–Kier alpha value is -1.47. The normalized spacial score (nSPS) is 11.8. The van der Waals surface area contributed by atoms with Gasteiger partial charge in [0.15, 0.2) is 0 Å². The lowest BCUT2D eigenvalue weighted by Gasteiger charge is -2.11. The molecule has 0 heterocycles. The molecule has 0 saturated heterocycles. The quantitative estimate of drug-likeness (QED) is 0.382. The van der Waals surface area contributed by atoms with Crippen molar-refractivity contribution in [3.8, 4) is 0 Å². The van der Waals surface area contributed by atoms with E-state index in [4.69, 9.17) is 5.53 Å². The topological polar surface area (TPSA) is 48.8 Å². The van der Waals surface area contributed by atoms with E-state index in [1.807, 2.05) is 18.2 Å². The average molecular weight is 175 g/mol. The van der Waals surface area contributed by atoms with Gasteiger partial charge in [-0.05, 0) is 23.4 Å². The molecule has 1 atom stereocenters. The fourth-order valence-corrected chi connectivity index (χ4v) is 1.33. The summed E-state index contributed by atoms with van der Waals surface area (Å²) >= 11 is 0. The summed E-state index contributed by atoms with van der Waals surface area (Å²) in [6.07, 6.45) is 1.00. The minimum absolute atomic E-state index is 0.358. The van der Waals surface area contributed by atoms with Gasteiger partial charge in [0.25, 0.3) is 0 Å². The third kappa shape index (κ3) is 2.80. The van der Waals surface area contributed by atoms with E-state index < -0.39 is 0 Å². The van der Waals surface area contributed by atoms with Gasteiger partial charge in [-0.2, -0.15) is 0 Å². The molecule has 3 nitrogen and oxygen atoms in total. The Morgan fingerprint density at radius 3 is 2.62 bits per heavy atom. The van der Waals surface area contributed by atoms with Gasteiger partial charge in [-0.3, -0.25) is 0 Å². The fourth-order valence-electron chi connectivity index (χ4n) is 1.33. The SMILES string of the molecule is CC[C@H](CN=[N+]=[N-])c1ccccc1. The van der Waals surface area contributed by atoms with Gasteiger partial charge in [-0.1, -0.05) is 42.4 Å². The third-order valence-electron chi connectivity index (χ3n) is 2.13. The van der Waals surface area contributed by atoms with Crippen LogP contribution in [-0.4, -0.2) is 6.54 Å². The Bertz CT molecular complexity index is 288. The van der Waals surface area contributed by atoms with Gasteiger partial charge in [0, 0.05) is 11.5 Å². The second kappa shape index (κ2) is 5.22. The highest BCUT2D eigenvalue weighted by Crippen LogP contribution is 2.19. The monoisotopic (exact) mass is 175 g/mol. The van der Waals surface area contributed by atoms with Crippen LogP contribution in [0.5, 0.6) is 0 Å². The largest absolute Gasteiger partial charge is 0.0933 e. The standard InChI is InChI=1S/C10H13N3/c1-2-9(8-12-13-11)10-6-4-3-5-7-10/h3-7,9H,2,8H2,1H3/t9-/m1/s1. The first kappa shape index (κ1) is 9.62. The van der Waals surface area contributed by atoms with Crippen molar-refractivity contribution in [1.82, 2.24) is 0 Å². The van der Waals surface area contributed by atoms with Gasteiger partial charge in [0.05, 0.1) is 0 Å². The number of rotatable bonds is 4. The van der Waals surface area contributed by atoms with Crippen LogP contribution in [0.15, 0.2) is 35.4 Å². The molecule has 1 aromatic rings. The van der Waals surface area contributed by atoms with Crippen molar-refractivity contribution < 1.29 is 0 Å². The molecule has 0 aliphatic rings. The molecule has 3 heteroatoms. The molecule has 1 rings (SSSR count). The highest BCUT2D eigenvalue weighted by Gasteiger charge is 2.06. The van der Waals surface area contributed by atoms with E-state index in [0.29, 0.717) is 12.5 Å². The predicted octanol–water partition coefficient (Wildman–Crippen LogP) is 3.49. The van der Waals surface area contributed by atoms with Crippen molar-refractivity contribution in [2.45, 2.75) is 19.3 Å². The van der Waals surface area contributed by atoms with E-state index in [0.717, 1.165) is 6.42 Å². The van der Waals surface area contributed by atoms with Gasteiger partial charge in [0.2, 0.25) is 0 Å². The van der Waals surface area contributed by atoms with E-state index in [2.05, 4.69) is 29.1 Å². The zero-order valence-electron chi connectivity index (χ0n) is 7.72. The number of benzene rings is 1. The first-order valence-corrected chi connectivity index (χ1v) is 4.44. The first-order valence-electron chi connectivity index (χ1n) is 4.44. The Morgan fingerprint density at radius 1 is 1.38 bits per heavy atom. The summed E-state index contributed by atoms with van der Waals surface area (Å²) < 4.78 is 0. The molecule has 68 valence electrons. The molecule has 13 heavy (non-hydrogen) atoms. The first-order chi connectivity index (χ1) is 6.38. The number of nitrogens with zero attached hydrogens (tertiary/aromatic N) is 3. The van der Waals surface area contributed by atoms with Crippen LogP contribution in [0, 0.1) is 0 Å². The summed E-state index contributed by atoms with van der Waals surface area (Å²) in [5, 5.41) is 3.60. The van der Waals surface area contributed by atoms with E-state index in [1.165, 1.54) is 5.56 Å². The molecule has 1 aromatic carbocycles. The van der Waals surface area contributed by atoms with Crippen LogP contribution < -0.4 is 0 Å². The third-order valence-corrected chi connectivity index (χ3v) is 2.13. The molecular formula is C10H13N3. The lowest BCUT2D eigenvalue weighted by atomic mass is 9.97. The van der Waals surface area contributed by atoms with E-state index in [1.54, 1.807) is 0 Å². The Labute approximate surface area is 78.0 Å². The zero-order valence-corrected chi connectivity index (χ0v) is 7.72. The van der Waals surface area contributed by atoms with E-state index in [9.17, 15) is 0 Å². The van der Waals surface area contributed by atoms with Crippen molar-refractivity contribution in [3.05, 3.63) is 46.3 Å². The molecule has 0 aromatic heterocycles. The number of azide groups is 1. The van der Waals surface area contributed by atoms with Crippen LogP contribution in [0.2, 0.25) is 0 Å². The lowest BCUT2D eigenvalue weighted by molar-refractivity contribution is 0.672. The highest BCUT2D eigenvalue weighted by atomic mass is 15.1. The lowest BCUT2D eigenvalue weighted by Crippen LogP contribution is -2.00. The summed E-state index contributed by atoms with van der Waals surface area (Å²) in [4.78, 5) is 2.77. The van der Waals surface area contributed by atoms with Crippen molar-refractivity contribution in [2.75, 3.05) is 6.54 Å². The molecule has 0 amide bonds. The maximum absolute atomic E-state index is 8.22. The number of hydrogen-bond acceptors (Lipinski definition) is 1. The molecule has 0 fully saturated rings.